The Balaban J connectivity index is 4.17. The molecule has 120 valence electrons. The summed E-state index contributed by atoms with van der Waals surface area (Å²) in [5.41, 5.74) is 0. The van der Waals surface area contributed by atoms with Gasteiger partial charge >= 0.3 is 0 Å². The standard InChI is InChI=1S/C17H36N2S/c1-6-9-11-13-15(4)18-17(20-8-3)19-16(5)14-12-10-7-2/h15-16H,6-14H2,1-5H3,(H,18,19). The summed E-state index contributed by atoms with van der Waals surface area (Å²) in [6.45, 7) is 11.2. The van der Waals surface area contributed by atoms with E-state index < -0.39 is 0 Å². The average molecular weight is 301 g/mol. The zero-order valence-corrected chi connectivity index (χ0v) is 15.2. The van der Waals surface area contributed by atoms with Crippen molar-refractivity contribution in [3.63, 3.8) is 0 Å². The second kappa shape index (κ2) is 13.8. The molecule has 0 amide bonds. The van der Waals surface area contributed by atoms with Crippen molar-refractivity contribution in [2.24, 2.45) is 4.99 Å². The Morgan fingerprint density at radius 1 is 0.950 bits per heavy atom. The van der Waals surface area contributed by atoms with Gasteiger partial charge in [-0.25, -0.2) is 0 Å². The van der Waals surface area contributed by atoms with Crippen LogP contribution >= 0.6 is 11.8 Å². The molecule has 0 aliphatic heterocycles. The van der Waals surface area contributed by atoms with Crippen molar-refractivity contribution in [3.8, 4) is 0 Å². The molecule has 2 nitrogen and oxygen atoms in total. The molecule has 2 atom stereocenters. The first kappa shape index (κ1) is 19.8. The van der Waals surface area contributed by atoms with E-state index in [0.717, 1.165) is 10.9 Å². The van der Waals surface area contributed by atoms with Gasteiger partial charge < -0.3 is 5.32 Å². The SMILES string of the molecule is CCCCCC(C)N=C(NC(C)CCCCC)SCC. The summed E-state index contributed by atoms with van der Waals surface area (Å²) < 4.78 is 0. The lowest BCUT2D eigenvalue weighted by Gasteiger charge is -2.18. The Bertz CT molecular complexity index is 241. The summed E-state index contributed by atoms with van der Waals surface area (Å²) in [4.78, 5) is 4.87. The lowest BCUT2D eigenvalue weighted by Crippen LogP contribution is -2.31. The fraction of sp³-hybridized carbons (Fsp3) is 0.941. The van der Waals surface area contributed by atoms with Gasteiger partial charge in [-0.2, -0.15) is 0 Å². The third-order valence-electron chi connectivity index (χ3n) is 3.45. The monoisotopic (exact) mass is 300 g/mol. The van der Waals surface area contributed by atoms with Gasteiger partial charge in [0.1, 0.15) is 0 Å². The molecule has 3 heteroatoms. The van der Waals surface area contributed by atoms with E-state index in [1.807, 2.05) is 11.8 Å². The zero-order chi connectivity index (χ0) is 15.2. The Morgan fingerprint density at radius 3 is 2.10 bits per heavy atom. The Kier molecular flexibility index (Phi) is 13.7. The van der Waals surface area contributed by atoms with Crippen LogP contribution in [0.3, 0.4) is 0 Å². The second-order valence-electron chi connectivity index (χ2n) is 5.75. The van der Waals surface area contributed by atoms with E-state index in [-0.39, 0.29) is 0 Å². The maximum atomic E-state index is 4.87. The molecule has 20 heavy (non-hydrogen) atoms. The highest BCUT2D eigenvalue weighted by atomic mass is 32.2. The van der Waals surface area contributed by atoms with E-state index in [4.69, 9.17) is 4.99 Å². The van der Waals surface area contributed by atoms with Crippen LogP contribution in [0.5, 0.6) is 0 Å². The van der Waals surface area contributed by atoms with E-state index in [2.05, 4.69) is 39.9 Å². The molecule has 0 aromatic rings. The molecule has 2 unspecified atom stereocenters. The molecule has 0 rings (SSSR count). The number of amidine groups is 1. The fourth-order valence-electron chi connectivity index (χ4n) is 2.19. The van der Waals surface area contributed by atoms with Gasteiger partial charge in [0.2, 0.25) is 0 Å². The molecule has 0 saturated heterocycles. The van der Waals surface area contributed by atoms with Crippen molar-refractivity contribution in [2.45, 2.75) is 98.1 Å². The van der Waals surface area contributed by atoms with Crippen LogP contribution in [0.4, 0.5) is 0 Å². The van der Waals surface area contributed by atoms with Gasteiger partial charge in [0.25, 0.3) is 0 Å². The number of nitrogens with one attached hydrogen (secondary N) is 1. The van der Waals surface area contributed by atoms with E-state index >= 15 is 0 Å². The third-order valence-corrected chi connectivity index (χ3v) is 4.24. The molecule has 0 fully saturated rings. The topological polar surface area (TPSA) is 24.4 Å². The molecule has 0 aromatic heterocycles. The van der Waals surface area contributed by atoms with Gasteiger partial charge in [-0.05, 0) is 32.4 Å². The molecular formula is C17H36N2S. The van der Waals surface area contributed by atoms with Gasteiger partial charge in [-0.1, -0.05) is 71.1 Å². The summed E-state index contributed by atoms with van der Waals surface area (Å²) in [5, 5.41) is 4.76. The number of hydrogen-bond donors (Lipinski definition) is 1. The van der Waals surface area contributed by atoms with Gasteiger partial charge in [-0.15, -0.1) is 0 Å². The predicted octanol–water partition coefficient (Wildman–Crippen LogP) is 5.62. The Morgan fingerprint density at radius 2 is 1.55 bits per heavy atom. The van der Waals surface area contributed by atoms with Gasteiger partial charge in [0.15, 0.2) is 5.17 Å². The first-order chi connectivity index (χ1) is 9.63. The highest BCUT2D eigenvalue weighted by Gasteiger charge is 2.07. The number of aliphatic imine (C=N–C) groups is 1. The van der Waals surface area contributed by atoms with E-state index in [1.165, 1.54) is 51.4 Å². The smallest absolute Gasteiger partial charge is 0.157 e. The molecule has 1 N–H and O–H groups in total. The summed E-state index contributed by atoms with van der Waals surface area (Å²) in [6.07, 6.45) is 10.3. The maximum absolute atomic E-state index is 4.87. The van der Waals surface area contributed by atoms with Crippen LogP contribution in [0.15, 0.2) is 4.99 Å². The summed E-state index contributed by atoms with van der Waals surface area (Å²) >= 11 is 1.85. The number of nitrogens with zero attached hydrogens (tertiary/aromatic N) is 1. The first-order valence-electron chi connectivity index (χ1n) is 8.61. The molecular weight excluding hydrogens is 264 g/mol. The number of unbranched alkanes of at least 4 members (excludes halogenated alkanes) is 4. The third kappa shape index (κ3) is 11.6. The highest BCUT2D eigenvalue weighted by Crippen LogP contribution is 2.11. The zero-order valence-electron chi connectivity index (χ0n) is 14.4. The van der Waals surface area contributed by atoms with Crippen molar-refractivity contribution in [1.82, 2.24) is 5.32 Å². The first-order valence-corrected chi connectivity index (χ1v) is 9.59. The largest absolute Gasteiger partial charge is 0.362 e. The number of hydrogen-bond acceptors (Lipinski definition) is 2. The normalized spacial score (nSPS) is 15.2. The van der Waals surface area contributed by atoms with Crippen LogP contribution < -0.4 is 5.32 Å². The predicted molar refractivity (Wildman–Crippen MR) is 95.9 cm³/mol. The second-order valence-corrected chi connectivity index (χ2v) is 7.01. The van der Waals surface area contributed by atoms with Gasteiger partial charge in [0, 0.05) is 12.1 Å². The van der Waals surface area contributed by atoms with E-state index in [0.29, 0.717) is 12.1 Å². The maximum Gasteiger partial charge on any atom is 0.157 e. The lowest BCUT2D eigenvalue weighted by atomic mass is 10.1. The van der Waals surface area contributed by atoms with Gasteiger partial charge in [0.05, 0.1) is 0 Å². The number of rotatable bonds is 11. The molecule has 0 spiro atoms. The van der Waals surface area contributed by atoms with E-state index in [1.54, 1.807) is 0 Å². The molecule has 0 aliphatic carbocycles. The number of thioether (sulfide) groups is 1. The van der Waals surface area contributed by atoms with Gasteiger partial charge in [-0.3, -0.25) is 4.99 Å². The van der Waals surface area contributed by atoms with Crippen molar-refractivity contribution < 1.29 is 0 Å². The summed E-state index contributed by atoms with van der Waals surface area (Å²) in [5.74, 6) is 1.09. The van der Waals surface area contributed by atoms with Crippen molar-refractivity contribution in [2.75, 3.05) is 5.75 Å². The fourth-order valence-corrected chi connectivity index (χ4v) is 3.00. The Labute approximate surface area is 131 Å². The van der Waals surface area contributed by atoms with Crippen LogP contribution in [-0.2, 0) is 0 Å². The van der Waals surface area contributed by atoms with Crippen molar-refractivity contribution in [3.05, 3.63) is 0 Å². The van der Waals surface area contributed by atoms with Crippen LogP contribution in [-0.4, -0.2) is 23.0 Å². The average Bonchev–Trinajstić information content (AvgIpc) is 2.39. The highest BCUT2D eigenvalue weighted by molar-refractivity contribution is 8.13. The Hall–Kier alpha value is -0.180. The molecule has 0 aliphatic rings. The minimum absolute atomic E-state index is 0.450. The quantitative estimate of drug-likeness (QED) is 0.304. The lowest BCUT2D eigenvalue weighted by molar-refractivity contribution is 0.551. The van der Waals surface area contributed by atoms with Crippen LogP contribution in [0.2, 0.25) is 0 Å². The summed E-state index contributed by atoms with van der Waals surface area (Å²) in [7, 11) is 0. The molecule has 0 bridgehead atoms. The molecule has 0 heterocycles. The van der Waals surface area contributed by atoms with Crippen molar-refractivity contribution in [1.29, 1.82) is 0 Å². The molecule has 0 saturated carbocycles. The van der Waals surface area contributed by atoms with Crippen molar-refractivity contribution >= 4 is 16.9 Å². The van der Waals surface area contributed by atoms with Crippen LogP contribution in [0, 0.1) is 0 Å². The minimum Gasteiger partial charge on any atom is -0.362 e. The summed E-state index contributed by atoms with van der Waals surface area (Å²) in [6, 6.07) is 0.994. The van der Waals surface area contributed by atoms with Crippen LogP contribution in [0.1, 0.15) is 86.0 Å². The molecule has 0 aromatic carbocycles. The minimum atomic E-state index is 0.450. The van der Waals surface area contributed by atoms with Crippen LogP contribution in [0.25, 0.3) is 0 Å². The molecule has 0 radical (unpaired) electrons. The van der Waals surface area contributed by atoms with E-state index in [9.17, 15) is 0 Å².